The molecule has 0 unspecified atom stereocenters. The molecule has 1 saturated heterocycles. The summed E-state index contributed by atoms with van der Waals surface area (Å²) in [5.41, 5.74) is 2.09. The maximum absolute atomic E-state index is 12.8. The molecule has 5 nitrogen and oxygen atoms in total. The Hall–Kier alpha value is -1.88. The van der Waals surface area contributed by atoms with Crippen molar-refractivity contribution >= 4 is 17.5 Å². The minimum atomic E-state index is 0.0693. The highest BCUT2D eigenvalue weighted by molar-refractivity contribution is 5.99. The van der Waals surface area contributed by atoms with Gasteiger partial charge >= 0.3 is 0 Å². The Labute approximate surface area is 150 Å². The van der Waals surface area contributed by atoms with Gasteiger partial charge in [-0.15, -0.1) is 0 Å². The molecule has 0 saturated carbocycles. The number of unbranched alkanes of at least 4 members (excludes halogenated alkanes) is 1. The van der Waals surface area contributed by atoms with Gasteiger partial charge in [0, 0.05) is 38.3 Å². The zero-order valence-electron chi connectivity index (χ0n) is 15.2. The van der Waals surface area contributed by atoms with Crippen molar-refractivity contribution in [3.05, 3.63) is 29.8 Å². The van der Waals surface area contributed by atoms with Crippen LogP contribution < -0.4 is 4.90 Å². The van der Waals surface area contributed by atoms with Gasteiger partial charge in [-0.3, -0.25) is 14.5 Å². The normalized spacial score (nSPS) is 18.8. The van der Waals surface area contributed by atoms with Gasteiger partial charge in [-0.1, -0.05) is 31.5 Å². The van der Waals surface area contributed by atoms with Gasteiger partial charge in [0.2, 0.25) is 11.8 Å². The minimum absolute atomic E-state index is 0.0693. The van der Waals surface area contributed by atoms with Gasteiger partial charge in [-0.05, 0) is 37.4 Å². The fraction of sp³-hybridized carbons (Fsp3) is 0.600. The molecule has 0 N–H and O–H groups in total. The Balaban J connectivity index is 1.62. The summed E-state index contributed by atoms with van der Waals surface area (Å²) in [6, 6.07) is 7.98. The third-order valence-corrected chi connectivity index (χ3v) is 5.27. The molecule has 1 fully saturated rings. The average molecular weight is 343 g/mol. The molecular weight excluding hydrogens is 314 g/mol. The van der Waals surface area contributed by atoms with E-state index in [0.717, 1.165) is 51.3 Å². The third kappa shape index (κ3) is 4.40. The number of carbonyl (C=O) groups excluding carboxylic acids is 2. The third-order valence-electron chi connectivity index (χ3n) is 5.27. The first-order valence-electron chi connectivity index (χ1n) is 9.57. The highest BCUT2D eigenvalue weighted by Gasteiger charge is 2.27. The first kappa shape index (κ1) is 17.9. The Kier molecular flexibility index (Phi) is 6.08. The van der Waals surface area contributed by atoms with E-state index in [0.29, 0.717) is 6.42 Å². The molecule has 0 aromatic heterocycles. The summed E-state index contributed by atoms with van der Waals surface area (Å²) in [5, 5.41) is 0. The summed E-state index contributed by atoms with van der Waals surface area (Å²) in [4.78, 5) is 31.3. The molecule has 0 aliphatic carbocycles. The van der Waals surface area contributed by atoms with Crippen molar-refractivity contribution in [3.8, 4) is 0 Å². The highest BCUT2D eigenvalue weighted by atomic mass is 16.2. The second kappa shape index (κ2) is 8.48. The second-order valence-corrected chi connectivity index (χ2v) is 7.04. The lowest BCUT2D eigenvalue weighted by Crippen LogP contribution is -2.52. The van der Waals surface area contributed by atoms with Crippen molar-refractivity contribution in [3.63, 3.8) is 0 Å². The smallest absolute Gasteiger partial charge is 0.242 e. The van der Waals surface area contributed by atoms with Crippen LogP contribution in [0.15, 0.2) is 24.3 Å². The van der Waals surface area contributed by atoms with Crippen LogP contribution in [0.2, 0.25) is 0 Å². The SMILES string of the molecule is CCCCN1CCN(C(=O)CN2C(=O)CCCc3ccccc32)CC1. The van der Waals surface area contributed by atoms with E-state index in [-0.39, 0.29) is 18.4 Å². The molecule has 1 aromatic rings. The molecule has 2 heterocycles. The Morgan fingerprint density at radius 2 is 1.84 bits per heavy atom. The number of benzene rings is 1. The number of fused-ring (bicyclic) bond motifs is 1. The molecule has 0 radical (unpaired) electrons. The highest BCUT2D eigenvalue weighted by Crippen LogP contribution is 2.26. The monoisotopic (exact) mass is 343 g/mol. The number of rotatable bonds is 5. The van der Waals surface area contributed by atoms with Gasteiger partial charge in [0.05, 0.1) is 0 Å². The number of carbonyl (C=O) groups is 2. The summed E-state index contributed by atoms with van der Waals surface area (Å²) in [6.45, 7) is 6.92. The second-order valence-electron chi connectivity index (χ2n) is 7.04. The van der Waals surface area contributed by atoms with Crippen LogP contribution in [0.1, 0.15) is 38.2 Å². The number of anilines is 1. The van der Waals surface area contributed by atoms with E-state index in [1.54, 1.807) is 4.90 Å². The van der Waals surface area contributed by atoms with Crippen LogP contribution in [-0.4, -0.2) is 60.9 Å². The van der Waals surface area contributed by atoms with Crippen LogP contribution >= 0.6 is 0 Å². The van der Waals surface area contributed by atoms with Gasteiger partial charge in [-0.2, -0.15) is 0 Å². The van der Waals surface area contributed by atoms with Gasteiger partial charge in [0.1, 0.15) is 6.54 Å². The Bertz CT molecular complexity index is 609. The van der Waals surface area contributed by atoms with Crippen LogP contribution in [0, 0.1) is 0 Å². The Morgan fingerprint density at radius 3 is 2.60 bits per heavy atom. The Morgan fingerprint density at radius 1 is 1.08 bits per heavy atom. The molecule has 2 amide bonds. The maximum atomic E-state index is 12.8. The van der Waals surface area contributed by atoms with E-state index in [9.17, 15) is 9.59 Å². The quantitative estimate of drug-likeness (QED) is 0.824. The average Bonchev–Trinajstić information content (AvgIpc) is 2.79. The van der Waals surface area contributed by atoms with Crippen molar-refractivity contribution in [2.24, 2.45) is 0 Å². The molecule has 0 bridgehead atoms. The molecule has 5 heteroatoms. The summed E-state index contributed by atoms with van der Waals surface area (Å²) in [6.07, 6.45) is 4.70. The number of hydrogen-bond donors (Lipinski definition) is 0. The fourth-order valence-corrected chi connectivity index (χ4v) is 3.70. The number of piperazine rings is 1. The van der Waals surface area contributed by atoms with Gasteiger partial charge in [-0.25, -0.2) is 0 Å². The molecule has 1 aromatic carbocycles. The van der Waals surface area contributed by atoms with Gasteiger partial charge in [0.25, 0.3) is 0 Å². The molecule has 0 atom stereocenters. The summed E-state index contributed by atoms with van der Waals surface area (Å²) in [7, 11) is 0. The maximum Gasteiger partial charge on any atom is 0.242 e. The zero-order valence-corrected chi connectivity index (χ0v) is 15.2. The number of hydrogen-bond acceptors (Lipinski definition) is 3. The van der Waals surface area contributed by atoms with E-state index >= 15 is 0 Å². The predicted octanol–water partition coefficient (Wildman–Crippen LogP) is 2.30. The zero-order chi connectivity index (χ0) is 17.6. The fourth-order valence-electron chi connectivity index (χ4n) is 3.70. The molecule has 25 heavy (non-hydrogen) atoms. The van der Waals surface area contributed by atoms with Crippen molar-refractivity contribution in [1.29, 1.82) is 0 Å². The molecule has 2 aliphatic rings. The largest absolute Gasteiger partial charge is 0.339 e. The number of para-hydroxylation sites is 1. The van der Waals surface area contributed by atoms with E-state index in [2.05, 4.69) is 17.9 Å². The molecule has 136 valence electrons. The van der Waals surface area contributed by atoms with Gasteiger partial charge < -0.3 is 9.80 Å². The van der Waals surface area contributed by atoms with Crippen LogP contribution in [0.3, 0.4) is 0 Å². The van der Waals surface area contributed by atoms with Gasteiger partial charge in [0.15, 0.2) is 0 Å². The molecule has 2 aliphatic heterocycles. The summed E-state index contributed by atoms with van der Waals surface area (Å²) < 4.78 is 0. The van der Waals surface area contributed by atoms with Crippen LogP contribution in [-0.2, 0) is 16.0 Å². The molecule has 3 rings (SSSR count). The van der Waals surface area contributed by atoms with E-state index in [1.807, 2.05) is 23.1 Å². The lowest BCUT2D eigenvalue weighted by atomic mass is 10.1. The van der Waals surface area contributed by atoms with Crippen LogP contribution in [0.25, 0.3) is 0 Å². The van der Waals surface area contributed by atoms with Crippen LogP contribution in [0.4, 0.5) is 5.69 Å². The summed E-state index contributed by atoms with van der Waals surface area (Å²) >= 11 is 0. The number of aryl methyl sites for hydroxylation is 1. The van der Waals surface area contributed by atoms with Crippen molar-refractivity contribution in [2.45, 2.75) is 39.0 Å². The predicted molar refractivity (Wildman–Crippen MR) is 99.7 cm³/mol. The minimum Gasteiger partial charge on any atom is -0.339 e. The lowest BCUT2D eigenvalue weighted by molar-refractivity contribution is -0.133. The first-order valence-corrected chi connectivity index (χ1v) is 9.57. The first-order chi connectivity index (χ1) is 12.2. The molecule has 0 spiro atoms. The van der Waals surface area contributed by atoms with Crippen molar-refractivity contribution in [1.82, 2.24) is 9.80 Å². The summed E-state index contributed by atoms with van der Waals surface area (Å²) in [5.74, 6) is 0.139. The standard InChI is InChI=1S/C20H29N3O2/c1-2-3-11-21-12-14-22(15-13-21)20(25)16-23-18-9-5-4-7-17(18)8-6-10-19(23)24/h4-5,7,9H,2-3,6,8,10-16H2,1H3. The lowest BCUT2D eigenvalue weighted by Gasteiger charge is -2.36. The topological polar surface area (TPSA) is 43.9 Å². The van der Waals surface area contributed by atoms with Crippen molar-refractivity contribution < 1.29 is 9.59 Å². The van der Waals surface area contributed by atoms with E-state index < -0.39 is 0 Å². The number of amides is 2. The molecular formula is C20H29N3O2. The van der Waals surface area contributed by atoms with Crippen LogP contribution in [0.5, 0.6) is 0 Å². The number of nitrogens with zero attached hydrogens (tertiary/aromatic N) is 3. The van der Waals surface area contributed by atoms with Crippen molar-refractivity contribution in [2.75, 3.05) is 44.2 Å². The van der Waals surface area contributed by atoms with E-state index in [1.165, 1.54) is 18.4 Å². The van der Waals surface area contributed by atoms with E-state index in [4.69, 9.17) is 0 Å².